The fourth-order valence-electron chi connectivity index (χ4n) is 2.74. The fraction of sp³-hybridized carbons (Fsp3) is 0.158. The second-order valence-electron chi connectivity index (χ2n) is 6.27. The molecule has 1 amide bonds. The van der Waals surface area contributed by atoms with Crippen LogP contribution in [0.4, 0.5) is 26.3 Å². The highest BCUT2D eigenvalue weighted by Crippen LogP contribution is 2.36. The molecular weight excluding hydrogens is 430 g/mol. The number of nitrogens with one attached hydrogen (secondary N) is 2. The standard InChI is InChI=1S/C19H12F6N4O2/c20-18(21,22)11-5-3-10(4-6-11)15(16-12(19(23,24)25)2-1-9-26-16)27-17(31)13-7-8-14(30)29-28-13/h1-9,15H,(H,27,31)(H,29,30). The molecule has 3 aromatic rings. The van der Waals surface area contributed by atoms with Gasteiger partial charge in [0.15, 0.2) is 0 Å². The first-order valence-corrected chi connectivity index (χ1v) is 8.52. The van der Waals surface area contributed by atoms with Crippen molar-refractivity contribution in [1.29, 1.82) is 0 Å². The largest absolute Gasteiger partial charge is 0.418 e. The van der Waals surface area contributed by atoms with E-state index >= 15 is 0 Å². The molecule has 1 atom stereocenters. The monoisotopic (exact) mass is 442 g/mol. The summed E-state index contributed by atoms with van der Waals surface area (Å²) in [7, 11) is 0. The molecule has 162 valence electrons. The van der Waals surface area contributed by atoms with Crippen LogP contribution in [0.25, 0.3) is 0 Å². The molecule has 6 nitrogen and oxygen atoms in total. The van der Waals surface area contributed by atoms with Crippen LogP contribution in [-0.2, 0) is 12.4 Å². The predicted molar refractivity (Wildman–Crippen MR) is 94.8 cm³/mol. The van der Waals surface area contributed by atoms with Gasteiger partial charge in [0, 0.05) is 12.3 Å². The Balaban J connectivity index is 2.08. The number of aromatic nitrogens is 3. The van der Waals surface area contributed by atoms with Gasteiger partial charge in [-0.3, -0.25) is 14.6 Å². The van der Waals surface area contributed by atoms with Gasteiger partial charge in [0.2, 0.25) is 0 Å². The van der Waals surface area contributed by atoms with E-state index in [-0.39, 0.29) is 11.3 Å². The van der Waals surface area contributed by atoms with Crippen molar-refractivity contribution in [2.45, 2.75) is 18.4 Å². The van der Waals surface area contributed by atoms with Gasteiger partial charge in [-0.2, -0.15) is 31.4 Å². The number of alkyl halides is 6. The van der Waals surface area contributed by atoms with Crippen molar-refractivity contribution in [2.75, 3.05) is 0 Å². The Kier molecular flexibility index (Phi) is 5.82. The maximum absolute atomic E-state index is 13.5. The van der Waals surface area contributed by atoms with E-state index in [1.54, 1.807) is 0 Å². The lowest BCUT2D eigenvalue weighted by atomic mass is 9.97. The summed E-state index contributed by atoms with van der Waals surface area (Å²) in [6, 6.07) is 5.52. The van der Waals surface area contributed by atoms with Crippen LogP contribution in [0.1, 0.15) is 38.9 Å². The lowest BCUT2D eigenvalue weighted by molar-refractivity contribution is -0.139. The molecule has 0 aliphatic rings. The normalized spacial score (nSPS) is 13.0. The summed E-state index contributed by atoms with van der Waals surface area (Å²) < 4.78 is 79.1. The van der Waals surface area contributed by atoms with Crippen molar-refractivity contribution < 1.29 is 31.1 Å². The summed E-state index contributed by atoms with van der Waals surface area (Å²) in [5, 5.41) is 7.79. The first-order chi connectivity index (χ1) is 14.5. The van der Waals surface area contributed by atoms with Crippen molar-refractivity contribution in [3.05, 3.63) is 93.2 Å². The molecule has 1 unspecified atom stereocenters. The average Bonchev–Trinajstić information content (AvgIpc) is 2.71. The van der Waals surface area contributed by atoms with E-state index < -0.39 is 46.7 Å². The Bertz CT molecular complexity index is 1120. The van der Waals surface area contributed by atoms with Gasteiger partial charge in [0.1, 0.15) is 5.69 Å². The molecule has 31 heavy (non-hydrogen) atoms. The van der Waals surface area contributed by atoms with Crippen LogP contribution in [0.5, 0.6) is 0 Å². The molecule has 2 heterocycles. The molecule has 3 rings (SSSR count). The summed E-state index contributed by atoms with van der Waals surface area (Å²) in [5.74, 6) is -0.972. The first-order valence-electron chi connectivity index (χ1n) is 8.52. The van der Waals surface area contributed by atoms with Crippen LogP contribution < -0.4 is 10.9 Å². The van der Waals surface area contributed by atoms with E-state index in [0.29, 0.717) is 12.1 Å². The molecule has 0 saturated carbocycles. The van der Waals surface area contributed by atoms with Gasteiger partial charge in [-0.05, 0) is 35.9 Å². The number of benzene rings is 1. The highest BCUT2D eigenvalue weighted by molar-refractivity contribution is 5.92. The topological polar surface area (TPSA) is 87.7 Å². The third-order valence-electron chi connectivity index (χ3n) is 4.18. The number of rotatable bonds is 4. The number of H-pyrrole nitrogens is 1. The van der Waals surface area contributed by atoms with Gasteiger partial charge in [0.05, 0.1) is 22.9 Å². The number of carbonyl (C=O) groups excluding carboxylic acids is 1. The molecular formula is C19H12F6N4O2. The summed E-state index contributed by atoms with van der Waals surface area (Å²) in [6.07, 6.45) is -8.43. The maximum Gasteiger partial charge on any atom is 0.418 e. The number of halogens is 6. The zero-order chi connectivity index (χ0) is 22.8. The smallest absolute Gasteiger partial charge is 0.338 e. The van der Waals surface area contributed by atoms with Gasteiger partial charge in [0.25, 0.3) is 11.5 Å². The number of pyridine rings is 1. The SMILES string of the molecule is O=C(NC(c1ccc(C(F)(F)F)cc1)c1ncccc1C(F)(F)F)c1ccc(=O)[nH]n1. The molecule has 0 spiro atoms. The lowest BCUT2D eigenvalue weighted by Gasteiger charge is -2.22. The minimum atomic E-state index is -4.84. The van der Waals surface area contributed by atoms with E-state index in [1.165, 1.54) is 0 Å². The van der Waals surface area contributed by atoms with Crippen molar-refractivity contribution in [3.8, 4) is 0 Å². The zero-order valence-electron chi connectivity index (χ0n) is 15.3. The Morgan fingerprint density at radius 3 is 2.16 bits per heavy atom. The van der Waals surface area contributed by atoms with Crippen molar-refractivity contribution in [1.82, 2.24) is 20.5 Å². The maximum atomic E-state index is 13.5. The van der Waals surface area contributed by atoms with Gasteiger partial charge in [-0.25, -0.2) is 5.10 Å². The van der Waals surface area contributed by atoms with E-state index in [1.807, 2.05) is 5.10 Å². The van der Waals surface area contributed by atoms with Crippen molar-refractivity contribution in [2.24, 2.45) is 0 Å². The predicted octanol–water partition coefficient (Wildman–Crippen LogP) is 3.72. The summed E-state index contributed by atoms with van der Waals surface area (Å²) in [5.41, 5.74) is -3.81. The molecule has 1 aromatic carbocycles. The quantitative estimate of drug-likeness (QED) is 0.603. The first kappa shape index (κ1) is 22.0. The van der Waals surface area contributed by atoms with Crippen molar-refractivity contribution >= 4 is 5.91 Å². The number of hydrogen-bond acceptors (Lipinski definition) is 4. The Labute approximate surface area is 169 Å². The summed E-state index contributed by atoms with van der Waals surface area (Å²) in [6.45, 7) is 0. The molecule has 0 fully saturated rings. The van der Waals surface area contributed by atoms with Crippen LogP contribution in [0.15, 0.2) is 59.5 Å². The van der Waals surface area contributed by atoms with Gasteiger partial charge < -0.3 is 5.32 Å². The molecule has 0 aliphatic heterocycles. The van der Waals surface area contributed by atoms with E-state index in [2.05, 4.69) is 15.4 Å². The Hall–Kier alpha value is -3.70. The Morgan fingerprint density at radius 2 is 1.61 bits per heavy atom. The van der Waals surface area contributed by atoms with Gasteiger partial charge >= 0.3 is 12.4 Å². The van der Waals surface area contributed by atoms with Crippen LogP contribution in [0, 0.1) is 0 Å². The van der Waals surface area contributed by atoms with E-state index in [0.717, 1.165) is 42.6 Å². The molecule has 12 heteroatoms. The Morgan fingerprint density at radius 1 is 0.935 bits per heavy atom. The van der Waals surface area contributed by atoms with Crippen LogP contribution >= 0.6 is 0 Å². The summed E-state index contributed by atoms with van der Waals surface area (Å²) >= 11 is 0. The zero-order valence-corrected chi connectivity index (χ0v) is 15.3. The number of amides is 1. The number of nitrogens with zero attached hydrogens (tertiary/aromatic N) is 2. The highest BCUT2D eigenvalue weighted by Gasteiger charge is 2.37. The molecule has 0 radical (unpaired) electrons. The third-order valence-corrected chi connectivity index (χ3v) is 4.18. The number of hydrogen-bond donors (Lipinski definition) is 2. The van der Waals surface area contributed by atoms with Crippen LogP contribution in [0.3, 0.4) is 0 Å². The number of aromatic amines is 1. The van der Waals surface area contributed by atoms with Crippen LogP contribution in [0.2, 0.25) is 0 Å². The average molecular weight is 442 g/mol. The van der Waals surface area contributed by atoms with E-state index in [4.69, 9.17) is 0 Å². The minimum absolute atomic E-state index is 0.0741. The summed E-state index contributed by atoms with van der Waals surface area (Å²) in [4.78, 5) is 27.3. The van der Waals surface area contributed by atoms with Crippen LogP contribution in [-0.4, -0.2) is 21.1 Å². The van der Waals surface area contributed by atoms with Gasteiger partial charge in [-0.1, -0.05) is 12.1 Å². The fourth-order valence-corrected chi connectivity index (χ4v) is 2.74. The number of carbonyl (C=O) groups is 1. The molecule has 0 aliphatic carbocycles. The second kappa shape index (κ2) is 8.20. The van der Waals surface area contributed by atoms with E-state index in [9.17, 15) is 35.9 Å². The minimum Gasteiger partial charge on any atom is -0.338 e. The molecule has 2 N–H and O–H groups in total. The highest BCUT2D eigenvalue weighted by atomic mass is 19.4. The van der Waals surface area contributed by atoms with Crippen molar-refractivity contribution in [3.63, 3.8) is 0 Å². The molecule has 2 aromatic heterocycles. The lowest BCUT2D eigenvalue weighted by Crippen LogP contribution is -2.32. The van der Waals surface area contributed by atoms with Gasteiger partial charge in [-0.15, -0.1) is 0 Å². The molecule has 0 saturated heterocycles. The molecule has 0 bridgehead atoms. The third kappa shape index (κ3) is 5.08. The second-order valence-corrected chi connectivity index (χ2v) is 6.27.